The highest BCUT2D eigenvalue weighted by Gasteiger charge is 2.47. The van der Waals surface area contributed by atoms with E-state index in [2.05, 4.69) is 18.7 Å². The van der Waals surface area contributed by atoms with Gasteiger partial charge in [-0.25, -0.2) is 0 Å². The zero-order valence-electron chi connectivity index (χ0n) is 8.90. The van der Waals surface area contributed by atoms with Gasteiger partial charge in [-0.2, -0.15) is 0 Å². The first-order chi connectivity index (χ1) is 6.05. The zero-order valence-corrected chi connectivity index (χ0v) is 8.90. The molecule has 1 saturated carbocycles. The van der Waals surface area contributed by atoms with E-state index in [0.717, 1.165) is 0 Å². The molecule has 2 N–H and O–H groups in total. The standard InChI is InChI=1S/C11H21NO/c1-10(2)5-6-12(7-10)8-11(9-13)3-4-11/h13H,3-9H2,1-2H3/p+1. The molecule has 76 valence electrons. The minimum absolute atomic E-state index is 0.417. The van der Waals surface area contributed by atoms with E-state index in [9.17, 15) is 0 Å². The van der Waals surface area contributed by atoms with Gasteiger partial charge in [0.15, 0.2) is 6.61 Å². The molecule has 0 amide bonds. The second kappa shape index (κ2) is 2.96. The maximum absolute atomic E-state index is 7.50. The number of hydrogen-bond acceptors (Lipinski definition) is 1. The van der Waals surface area contributed by atoms with Gasteiger partial charge in [-0.05, 0) is 31.2 Å². The van der Waals surface area contributed by atoms with E-state index >= 15 is 0 Å². The molecular formula is C11H22NO+. The minimum atomic E-state index is 0.417. The lowest BCUT2D eigenvalue weighted by molar-refractivity contribution is 0.157. The van der Waals surface area contributed by atoms with Crippen LogP contribution >= 0.6 is 0 Å². The third-order valence-electron chi connectivity index (χ3n) is 3.65. The molecule has 2 fully saturated rings. The van der Waals surface area contributed by atoms with Gasteiger partial charge in [-0.1, -0.05) is 13.8 Å². The van der Waals surface area contributed by atoms with E-state index < -0.39 is 0 Å². The molecule has 0 unspecified atom stereocenters. The summed E-state index contributed by atoms with van der Waals surface area (Å²) in [5, 5.41) is 7.50. The normalized spacial score (nSPS) is 30.7. The number of hydrogen-bond donors (Lipinski definition) is 0. The Bertz CT molecular complexity index is 196. The van der Waals surface area contributed by atoms with Crippen LogP contribution in [0.1, 0.15) is 33.1 Å². The van der Waals surface area contributed by atoms with E-state index in [-0.39, 0.29) is 0 Å². The van der Waals surface area contributed by atoms with Crippen molar-refractivity contribution in [1.82, 2.24) is 4.90 Å². The first-order valence-corrected chi connectivity index (χ1v) is 5.42. The molecule has 1 aliphatic heterocycles. The summed E-state index contributed by atoms with van der Waals surface area (Å²) in [6.07, 6.45) is 3.93. The zero-order chi connectivity index (χ0) is 9.53. The van der Waals surface area contributed by atoms with Gasteiger partial charge in [-0.15, -0.1) is 0 Å². The molecule has 2 aliphatic rings. The summed E-state index contributed by atoms with van der Waals surface area (Å²) < 4.78 is 0. The van der Waals surface area contributed by atoms with Gasteiger partial charge in [0.2, 0.25) is 0 Å². The molecule has 2 heteroatoms. The van der Waals surface area contributed by atoms with E-state index in [0.29, 0.717) is 17.4 Å². The van der Waals surface area contributed by atoms with Crippen molar-refractivity contribution in [3.63, 3.8) is 0 Å². The van der Waals surface area contributed by atoms with Gasteiger partial charge < -0.3 is 10.0 Å². The molecule has 0 aromatic carbocycles. The maximum atomic E-state index is 7.50. The monoisotopic (exact) mass is 184 g/mol. The van der Waals surface area contributed by atoms with E-state index in [1.165, 1.54) is 38.9 Å². The lowest BCUT2D eigenvalue weighted by atomic mass is 9.93. The second-order valence-electron chi connectivity index (χ2n) is 5.80. The molecule has 2 nitrogen and oxygen atoms in total. The fourth-order valence-corrected chi connectivity index (χ4v) is 2.40. The molecule has 13 heavy (non-hydrogen) atoms. The van der Waals surface area contributed by atoms with E-state index in [1.54, 1.807) is 0 Å². The molecule has 0 radical (unpaired) electrons. The Morgan fingerprint density at radius 1 is 1.23 bits per heavy atom. The van der Waals surface area contributed by atoms with Crippen LogP contribution < -0.4 is 0 Å². The highest BCUT2D eigenvalue weighted by Crippen LogP contribution is 2.46. The Morgan fingerprint density at radius 3 is 2.31 bits per heavy atom. The van der Waals surface area contributed by atoms with Crippen molar-refractivity contribution in [1.29, 1.82) is 0 Å². The summed E-state index contributed by atoms with van der Waals surface area (Å²) in [5.74, 6) is 0. The minimum Gasteiger partial charge on any atom is -0.445 e. The van der Waals surface area contributed by atoms with Crippen LogP contribution in [0.15, 0.2) is 0 Å². The Labute approximate surface area is 80.9 Å². The van der Waals surface area contributed by atoms with Crippen LogP contribution in [-0.2, 0) is 0 Å². The molecule has 1 saturated heterocycles. The molecule has 0 aromatic heterocycles. The summed E-state index contributed by atoms with van der Waals surface area (Å²) >= 11 is 0. The highest BCUT2D eigenvalue weighted by atomic mass is 16.3. The molecule has 0 aromatic rings. The van der Waals surface area contributed by atoms with Crippen molar-refractivity contribution >= 4 is 0 Å². The van der Waals surface area contributed by atoms with Crippen LogP contribution in [0.2, 0.25) is 0 Å². The maximum Gasteiger partial charge on any atom is 0.150 e. The quantitative estimate of drug-likeness (QED) is 0.606. The van der Waals surface area contributed by atoms with Gasteiger partial charge in [0.05, 0.1) is 5.41 Å². The lowest BCUT2D eigenvalue weighted by Gasteiger charge is -2.22. The van der Waals surface area contributed by atoms with Gasteiger partial charge in [0.1, 0.15) is 0 Å². The molecule has 1 aliphatic carbocycles. The first-order valence-electron chi connectivity index (χ1n) is 5.42. The average Bonchev–Trinajstić information content (AvgIpc) is 2.74. The predicted molar refractivity (Wildman–Crippen MR) is 55.0 cm³/mol. The Balaban J connectivity index is 1.84. The summed E-state index contributed by atoms with van der Waals surface area (Å²) in [6, 6.07) is 0. The fourth-order valence-electron chi connectivity index (χ4n) is 2.40. The van der Waals surface area contributed by atoms with Gasteiger partial charge in [0, 0.05) is 13.1 Å². The summed E-state index contributed by atoms with van der Waals surface area (Å²) in [5.41, 5.74) is 0.943. The smallest absolute Gasteiger partial charge is 0.150 e. The topological polar surface area (TPSA) is 26.1 Å². The van der Waals surface area contributed by atoms with Crippen molar-refractivity contribution in [2.24, 2.45) is 10.8 Å². The van der Waals surface area contributed by atoms with Crippen LogP contribution in [0.3, 0.4) is 0 Å². The van der Waals surface area contributed by atoms with E-state index in [1.807, 2.05) is 0 Å². The molecule has 0 bridgehead atoms. The third kappa shape index (κ3) is 2.05. The molecular weight excluding hydrogens is 162 g/mol. The van der Waals surface area contributed by atoms with Crippen molar-refractivity contribution in [2.75, 3.05) is 26.2 Å². The second-order valence-corrected chi connectivity index (χ2v) is 5.80. The SMILES string of the molecule is CC1(C)CCN(CC2(C[OH2+])CC2)C1. The number of rotatable bonds is 3. The summed E-state index contributed by atoms with van der Waals surface area (Å²) in [6.45, 7) is 9.05. The first kappa shape index (κ1) is 9.47. The molecule has 0 atom stereocenters. The van der Waals surface area contributed by atoms with E-state index in [4.69, 9.17) is 5.11 Å². The lowest BCUT2D eigenvalue weighted by Crippen LogP contribution is -2.31. The third-order valence-corrected chi connectivity index (χ3v) is 3.65. The Hall–Kier alpha value is -0.0800. The Morgan fingerprint density at radius 2 is 1.92 bits per heavy atom. The fraction of sp³-hybridized carbons (Fsp3) is 1.00. The van der Waals surface area contributed by atoms with Crippen LogP contribution in [-0.4, -0.2) is 36.2 Å². The van der Waals surface area contributed by atoms with Crippen LogP contribution in [0, 0.1) is 10.8 Å². The molecule has 0 spiro atoms. The van der Waals surface area contributed by atoms with Crippen LogP contribution in [0.5, 0.6) is 0 Å². The Kier molecular flexibility index (Phi) is 2.16. The molecule has 2 rings (SSSR count). The van der Waals surface area contributed by atoms with Crippen molar-refractivity contribution in [3.05, 3.63) is 0 Å². The highest BCUT2D eigenvalue weighted by molar-refractivity contribution is 4.97. The largest absolute Gasteiger partial charge is 0.445 e. The number of nitrogens with zero attached hydrogens (tertiary/aromatic N) is 1. The summed E-state index contributed by atoms with van der Waals surface area (Å²) in [4.78, 5) is 2.57. The average molecular weight is 184 g/mol. The predicted octanol–water partition coefficient (Wildman–Crippen LogP) is 1.22. The van der Waals surface area contributed by atoms with Crippen LogP contribution in [0.4, 0.5) is 0 Å². The van der Waals surface area contributed by atoms with Crippen molar-refractivity contribution in [3.8, 4) is 0 Å². The van der Waals surface area contributed by atoms with Gasteiger partial charge in [0.25, 0.3) is 0 Å². The van der Waals surface area contributed by atoms with Crippen LogP contribution in [0.25, 0.3) is 0 Å². The molecule has 1 heterocycles. The van der Waals surface area contributed by atoms with Crippen molar-refractivity contribution in [2.45, 2.75) is 33.1 Å². The van der Waals surface area contributed by atoms with Gasteiger partial charge in [-0.3, -0.25) is 0 Å². The summed E-state index contributed by atoms with van der Waals surface area (Å²) in [7, 11) is 0. The van der Waals surface area contributed by atoms with Crippen molar-refractivity contribution < 1.29 is 5.11 Å². The van der Waals surface area contributed by atoms with Gasteiger partial charge >= 0.3 is 0 Å². The number of likely N-dealkylation sites (tertiary alicyclic amines) is 1.